The van der Waals surface area contributed by atoms with Crippen LogP contribution >= 0.6 is 0 Å². The number of piperidine rings is 1. The van der Waals surface area contributed by atoms with Gasteiger partial charge in [0.15, 0.2) is 0 Å². The second-order valence-corrected chi connectivity index (χ2v) is 13.9. The fraction of sp³-hybridized carbons (Fsp3) is 0.947. The van der Waals surface area contributed by atoms with Crippen LogP contribution in [0.1, 0.15) is 58.8 Å². The SMILES string of the molecule is CC1(C)[C@@H]2CC[C@]1(CS(=O)(=O)NCC1CCN(S(=O)(=O)C3CC3)CC1)C(=O)C2. The van der Waals surface area contributed by atoms with Crippen molar-refractivity contribution in [1.29, 1.82) is 0 Å². The summed E-state index contributed by atoms with van der Waals surface area (Å²) in [7, 11) is -6.70. The number of nitrogens with zero attached hydrogens (tertiary/aromatic N) is 1. The van der Waals surface area contributed by atoms with E-state index in [9.17, 15) is 21.6 Å². The molecule has 1 heterocycles. The van der Waals surface area contributed by atoms with Crippen molar-refractivity contribution in [3.05, 3.63) is 0 Å². The molecule has 1 aliphatic heterocycles. The fourth-order valence-corrected chi connectivity index (χ4v) is 9.46. The summed E-state index contributed by atoms with van der Waals surface area (Å²) in [5, 5.41) is -0.190. The first kappa shape index (κ1) is 20.8. The van der Waals surface area contributed by atoms with E-state index in [4.69, 9.17) is 0 Å². The second-order valence-electron chi connectivity index (χ2n) is 9.86. The lowest BCUT2D eigenvalue weighted by Gasteiger charge is -2.36. The lowest BCUT2D eigenvalue weighted by atomic mass is 9.70. The molecule has 0 aromatic carbocycles. The molecule has 1 N–H and O–H groups in total. The van der Waals surface area contributed by atoms with Crippen LogP contribution in [0.5, 0.6) is 0 Å². The highest BCUT2D eigenvalue weighted by Gasteiger charge is 2.65. The smallest absolute Gasteiger partial charge is 0.216 e. The highest BCUT2D eigenvalue weighted by molar-refractivity contribution is 7.90. The predicted octanol–water partition coefficient (Wildman–Crippen LogP) is 1.51. The van der Waals surface area contributed by atoms with Gasteiger partial charge in [-0.2, -0.15) is 0 Å². The molecule has 3 aliphatic carbocycles. The Morgan fingerprint density at radius 2 is 1.68 bits per heavy atom. The van der Waals surface area contributed by atoms with E-state index in [2.05, 4.69) is 4.72 Å². The molecule has 7 nitrogen and oxygen atoms in total. The van der Waals surface area contributed by atoms with Crippen molar-refractivity contribution >= 4 is 25.8 Å². The Bertz CT molecular complexity index is 855. The topological polar surface area (TPSA) is 101 Å². The Labute approximate surface area is 168 Å². The molecular weight excluding hydrogens is 400 g/mol. The zero-order chi connectivity index (χ0) is 20.4. The number of nitrogens with one attached hydrogen (secondary N) is 1. The quantitative estimate of drug-likeness (QED) is 0.657. The molecular formula is C19H32N2O5S2. The second kappa shape index (κ2) is 6.75. The molecule has 3 saturated carbocycles. The third-order valence-corrected chi connectivity index (χ3v) is 11.9. The van der Waals surface area contributed by atoms with Crippen molar-refractivity contribution in [1.82, 2.24) is 9.03 Å². The summed E-state index contributed by atoms with van der Waals surface area (Å²) < 4.78 is 54.5. The Hall–Kier alpha value is -0.510. The van der Waals surface area contributed by atoms with Crippen molar-refractivity contribution in [3.63, 3.8) is 0 Å². The molecule has 0 aromatic heterocycles. The number of ketones is 1. The molecule has 4 fully saturated rings. The van der Waals surface area contributed by atoms with Gasteiger partial charge in [-0.25, -0.2) is 25.9 Å². The summed E-state index contributed by atoms with van der Waals surface area (Å²) in [4.78, 5) is 12.6. The lowest BCUT2D eigenvalue weighted by Crippen LogP contribution is -2.47. The van der Waals surface area contributed by atoms with Gasteiger partial charge in [0, 0.05) is 31.5 Å². The largest absolute Gasteiger partial charge is 0.299 e. The molecule has 1 saturated heterocycles. The molecule has 160 valence electrons. The zero-order valence-electron chi connectivity index (χ0n) is 16.8. The first-order valence-corrected chi connectivity index (χ1v) is 13.6. The first-order valence-electron chi connectivity index (χ1n) is 10.5. The number of hydrogen-bond donors (Lipinski definition) is 1. The van der Waals surface area contributed by atoms with Crippen LogP contribution in [0.25, 0.3) is 0 Å². The van der Waals surface area contributed by atoms with Crippen molar-refractivity contribution < 1.29 is 21.6 Å². The van der Waals surface area contributed by atoms with Gasteiger partial charge in [0.05, 0.1) is 11.0 Å². The van der Waals surface area contributed by atoms with Crippen LogP contribution in [0.15, 0.2) is 0 Å². The summed E-state index contributed by atoms with van der Waals surface area (Å²) in [6.45, 7) is 5.36. The molecule has 0 radical (unpaired) electrons. The normalized spacial score (nSPS) is 34.2. The zero-order valence-corrected chi connectivity index (χ0v) is 18.4. The molecule has 2 atom stereocenters. The highest BCUT2D eigenvalue weighted by Crippen LogP contribution is 2.64. The van der Waals surface area contributed by atoms with Crippen LogP contribution in [0.3, 0.4) is 0 Å². The molecule has 0 unspecified atom stereocenters. The molecule has 0 spiro atoms. The summed E-state index contributed by atoms with van der Waals surface area (Å²) in [5.41, 5.74) is -1.01. The van der Waals surface area contributed by atoms with Gasteiger partial charge in [-0.1, -0.05) is 13.8 Å². The van der Waals surface area contributed by atoms with Gasteiger partial charge in [0.25, 0.3) is 0 Å². The van der Waals surface area contributed by atoms with E-state index in [-0.39, 0.29) is 28.1 Å². The van der Waals surface area contributed by atoms with Gasteiger partial charge >= 0.3 is 0 Å². The summed E-state index contributed by atoms with van der Waals surface area (Å²) in [6.07, 6.45) is 4.98. The van der Waals surface area contributed by atoms with E-state index in [1.54, 1.807) is 4.31 Å². The summed E-state index contributed by atoms with van der Waals surface area (Å²) >= 11 is 0. The Morgan fingerprint density at radius 1 is 1.04 bits per heavy atom. The number of carbonyl (C=O) groups excluding carboxylic acids is 1. The summed E-state index contributed by atoms with van der Waals surface area (Å²) in [6, 6.07) is 0. The van der Waals surface area contributed by atoms with Crippen LogP contribution in [0, 0.1) is 22.7 Å². The fourth-order valence-electron chi connectivity index (χ4n) is 5.67. The molecule has 0 aromatic rings. The maximum absolute atomic E-state index is 12.8. The molecule has 9 heteroatoms. The maximum atomic E-state index is 12.8. The van der Waals surface area contributed by atoms with Crippen LogP contribution in [-0.2, 0) is 24.8 Å². The Morgan fingerprint density at radius 3 is 2.18 bits per heavy atom. The van der Waals surface area contributed by atoms with Crippen LogP contribution in [0.2, 0.25) is 0 Å². The van der Waals surface area contributed by atoms with Gasteiger partial charge in [-0.15, -0.1) is 0 Å². The minimum absolute atomic E-state index is 0.109. The molecule has 0 amide bonds. The van der Waals surface area contributed by atoms with Crippen LogP contribution in [0.4, 0.5) is 0 Å². The van der Waals surface area contributed by atoms with Crippen LogP contribution < -0.4 is 4.72 Å². The monoisotopic (exact) mass is 432 g/mol. The Balaban J connectivity index is 1.32. The first-order chi connectivity index (χ1) is 13.0. The van der Waals surface area contributed by atoms with Gasteiger partial charge in [0.1, 0.15) is 5.78 Å². The number of sulfonamides is 2. The molecule has 4 aliphatic rings. The summed E-state index contributed by atoms with van der Waals surface area (Å²) in [5.74, 6) is 0.434. The Kier molecular flexibility index (Phi) is 5.00. The average Bonchev–Trinajstić information content (AvgIpc) is 3.42. The van der Waals surface area contributed by atoms with E-state index in [0.717, 1.165) is 19.3 Å². The van der Waals surface area contributed by atoms with Crippen molar-refractivity contribution in [2.75, 3.05) is 25.4 Å². The third kappa shape index (κ3) is 3.36. The highest BCUT2D eigenvalue weighted by atomic mass is 32.2. The molecule has 4 rings (SSSR count). The van der Waals surface area contributed by atoms with Gasteiger partial charge in [-0.3, -0.25) is 4.79 Å². The number of rotatable bonds is 7. The molecule has 2 bridgehead atoms. The van der Waals surface area contributed by atoms with E-state index < -0.39 is 25.5 Å². The maximum Gasteiger partial charge on any atom is 0.216 e. The number of hydrogen-bond acceptors (Lipinski definition) is 5. The lowest BCUT2D eigenvalue weighted by molar-refractivity contribution is -0.128. The van der Waals surface area contributed by atoms with Crippen molar-refractivity contribution in [3.8, 4) is 0 Å². The molecule has 28 heavy (non-hydrogen) atoms. The standard InChI is InChI=1S/C19H32N2O5S2/c1-18(2)15-5-8-19(18,17(22)11-15)13-27(23,24)20-12-14-6-9-21(10-7-14)28(25,26)16-3-4-16/h14-16,20H,3-13H2,1-2H3/t15-,19+/m1/s1. The number of carbonyl (C=O) groups is 1. The van der Waals surface area contributed by atoms with E-state index in [0.29, 0.717) is 51.2 Å². The minimum Gasteiger partial charge on any atom is -0.299 e. The van der Waals surface area contributed by atoms with Gasteiger partial charge < -0.3 is 0 Å². The van der Waals surface area contributed by atoms with E-state index in [1.807, 2.05) is 13.8 Å². The van der Waals surface area contributed by atoms with Crippen LogP contribution in [-0.4, -0.2) is 57.6 Å². The van der Waals surface area contributed by atoms with Gasteiger partial charge in [0.2, 0.25) is 20.0 Å². The average molecular weight is 433 g/mol. The van der Waals surface area contributed by atoms with E-state index in [1.165, 1.54) is 0 Å². The van der Waals surface area contributed by atoms with Crippen molar-refractivity contribution in [2.45, 2.75) is 64.0 Å². The number of Topliss-reactive ketones (excluding diaryl/α,β-unsaturated/α-hetero) is 1. The van der Waals surface area contributed by atoms with Gasteiger partial charge in [-0.05, 0) is 55.8 Å². The number of fused-ring (bicyclic) bond motifs is 2. The minimum atomic E-state index is -3.56. The predicted molar refractivity (Wildman–Crippen MR) is 107 cm³/mol. The third-order valence-electron chi connectivity index (χ3n) is 8.05. The van der Waals surface area contributed by atoms with E-state index >= 15 is 0 Å². The van der Waals surface area contributed by atoms with Crippen molar-refractivity contribution in [2.24, 2.45) is 22.7 Å².